The maximum absolute atomic E-state index is 4.47. The van der Waals surface area contributed by atoms with Gasteiger partial charge in [0.1, 0.15) is 5.82 Å². The van der Waals surface area contributed by atoms with Gasteiger partial charge >= 0.3 is 0 Å². The van der Waals surface area contributed by atoms with Crippen molar-refractivity contribution in [3.63, 3.8) is 0 Å². The average Bonchev–Trinajstić information content (AvgIpc) is 2.61. The summed E-state index contributed by atoms with van der Waals surface area (Å²) >= 11 is 0. The van der Waals surface area contributed by atoms with Crippen LogP contribution in [0.4, 0.5) is 0 Å². The Labute approximate surface area is 112 Å². The minimum atomic E-state index is 0.206. The summed E-state index contributed by atoms with van der Waals surface area (Å²) < 4.78 is 2.24. The van der Waals surface area contributed by atoms with Crippen LogP contribution in [0.25, 0.3) is 0 Å². The van der Waals surface area contributed by atoms with Gasteiger partial charge in [-0.15, -0.1) is 0 Å². The Bertz CT molecular complexity index is 358. The van der Waals surface area contributed by atoms with Crippen molar-refractivity contribution < 1.29 is 0 Å². The summed E-state index contributed by atoms with van der Waals surface area (Å²) in [6.45, 7) is 15.5. The smallest absolute Gasteiger partial charge is 0.109 e. The molecule has 0 aromatic carbocycles. The third-order valence-electron chi connectivity index (χ3n) is 3.24. The van der Waals surface area contributed by atoms with Crippen molar-refractivity contribution in [3.8, 4) is 0 Å². The van der Waals surface area contributed by atoms with Crippen LogP contribution in [0.1, 0.15) is 53.8 Å². The quantitative estimate of drug-likeness (QED) is 0.841. The van der Waals surface area contributed by atoms with Gasteiger partial charge in [-0.25, -0.2) is 4.98 Å². The second-order valence-corrected chi connectivity index (χ2v) is 6.90. The van der Waals surface area contributed by atoms with Crippen LogP contribution in [0.2, 0.25) is 0 Å². The fourth-order valence-electron chi connectivity index (χ4n) is 2.09. The maximum Gasteiger partial charge on any atom is 0.109 e. The Morgan fingerprint density at radius 1 is 1.22 bits per heavy atom. The molecule has 0 unspecified atom stereocenters. The lowest BCUT2D eigenvalue weighted by atomic mass is 9.85. The SMILES string of the molecule is CCn1ccnc1CC(C)(C)CCNC(C)(C)C. The molecule has 1 rings (SSSR count). The molecule has 18 heavy (non-hydrogen) atoms. The van der Waals surface area contributed by atoms with Gasteiger partial charge in [-0.2, -0.15) is 0 Å². The zero-order chi connectivity index (χ0) is 13.8. The van der Waals surface area contributed by atoms with Gasteiger partial charge in [0, 0.05) is 30.9 Å². The molecule has 0 amide bonds. The summed E-state index contributed by atoms with van der Waals surface area (Å²) in [7, 11) is 0. The molecule has 104 valence electrons. The molecular weight excluding hydrogens is 222 g/mol. The van der Waals surface area contributed by atoms with E-state index in [0.717, 1.165) is 19.5 Å². The minimum absolute atomic E-state index is 0.206. The van der Waals surface area contributed by atoms with Crippen LogP contribution in [0.3, 0.4) is 0 Å². The van der Waals surface area contributed by atoms with Crippen molar-refractivity contribution in [1.82, 2.24) is 14.9 Å². The van der Waals surface area contributed by atoms with Gasteiger partial charge in [-0.1, -0.05) is 13.8 Å². The van der Waals surface area contributed by atoms with Crippen molar-refractivity contribution in [2.75, 3.05) is 6.54 Å². The molecule has 1 heterocycles. The predicted octanol–water partition coefficient (Wildman–Crippen LogP) is 3.25. The van der Waals surface area contributed by atoms with Gasteiger partial charge in [0.15, 0.2) is 0 Å². The highest BCUT2D eigenvalue weighted by Crippen LogP contribution is 2.25. The van der Waals surface area contributed by atoms with E-state index in [0.29, 0.717) is 0 Å². The minimum Gasteiger partial charge on any atom is -0.335 e. The molecule has 1 aromatic rings. The molecule has 0 aliphatic carbocycles. The van der Waals surface area contributed by atoms with E-state index >= 15 is 0 Å². The van der Waals surface area contributed by atoms with Crippen LogP contribution in [-0.4, -0.2) is 21.6 Å². The molecule has 3 heteroatoms. The number of aromatic nitrogens is 2. The van der Waals surface area contributed by atoms with Crippen LogP contribution >= 0.6 is 0 Å². The molecule has 1 aromatic heterocycles. The van der Waals surface area contributed by atoms with Crippen LogP contribution in [-0.2, 0) is 13.0 Å². The number of nitrogens with one attached hydrogen (secondary N) is 1. The molecule has 0 aliphatic heterocycles. The van der Waals surface area contributed by atoms with E-state index in [1.54, 1.807) is 0 Å². The Hall–Kier alpha value is -0.830. The molecule has 0 saturated heterocycles. The monoisotopic (exact) mass is 251 g/mol. The van der Waals surface area contributed by atoms with Gasteiger partial charge in [0.05, 0.1) is 0 Å². The number of imidazole rings is 1. The molecule has 0 atom stereocenters. The summed E-state index contributed by atoms with van der Waals surface area (Å²) in [5, 5.41) is 3.56. The summed E-state index contributed by atoms with van der Waals surface area (Å²) in [6, 6.07) is 0. The number of rotatable bonds is 6. The van der Waals surface area contributed by atoms with Crippen molar-refractivity contribution >= 4 is 0 Å². The van der Waals surface area contributed by atoms with Crippen molar-refractivity contribution in [2.24, 2.45) is 5.41 Å². The summed E-state index contributed by atoms with van der Waals surface area (Å²) in [5.74, 6) is 1.21. The number of hydrogen-bond acceptors (Lipinski definition) is 2. The Morgan fingerprint density at radius 2 is 1.89 bits per heavy atom. The lowest BCUT2D eigenvalue weighted by Gasteiger charge is -2.28. The van der Waals surface area contributed by atoms with Gasteiger partial charge in [0.25, 0.3) is 0 Å². The van der Waals surface area contributed by atoms with Crippen LogP contribution in [0.5, 0.6) is 0 Å². The van der Waals surface area contributed by atoms with Gasteiger partial charge in [-0.05, 0) is 46.1 Å². The predicted molar refractivity (Wildman–Crippen MR) is 77.8 cm³/mol. The standard InChI is InChI=1S/C15H29N3/c1-7-18-11-10-16-13(18)12-15(5,6)8-9-17-14(2,3)4/h10-11,17H,7-9,12H2,1-6H3. The Morgan fingerprint density at radius 3 is 2.44 bits per heavy atom. The zero-order valence-corrected chi connectivity index (χ0v) is 12.9. The number of hydrogen-bond donors (Lipinski definition) is 1. The first kappa shape index (κ1) is 15.2. The second kappa shape index (κ2) is 5.87. The second-order valence-electron chi connectivity index (χ2n) is 6.90. The summed E-state index contributed by atoms with van der Waals surface area (Å²) in [5.41, 5.74) is 0.495. The zero-order valence-electron chi connectivity index (χ0n) is 12.9. The lowest BCUT2D eigenvalue weighted by Crippen LogP contribution is -2.38. The van der Waals surface area contributed by atoms with Crippen LogP contribution < -0.4 is 5.32 Å². The van der Waals surface area contributed by atoms with Crippen LogP contribution in [0, 0.1) is 5.41 Å². The van der Waals surface area contributed by atoms with E-state index in [1.807, 2.05) is 6.20 Å². The number of aryl methyl sites for hydroxylation is 1. The van der Waals surface area contributed by atoms with E-state index in [-0.39, 0.29) is 11.0 Å². The topological polar surface area (TPSA) is 29.9 Å². The third kappa shape index (κ3) is 5.21. The largest absolute Gasteiger partial charge is 0.335 e. The molecule has 0 radical (unpaired) electrons. The van der Waals surface area contributed by atoms with Gasteiger partial charge in [-0.3, -0.25) is 0 Å². The van der Waals surface area contributed by atoms with Crippen molar-refractivity contribution in [3.05, 3.63) is 18.2 Å². The van der Waals surface area contributed by atoms with E-state index in [1.165, 1.54) is 12.2 Å². The summed E-state index contributed by atoms with van der Waals surface area (Å²) in [4.78, 5) is 4.47. The highest BCUT2D eigenvalue weighted by molar-refractivity contribution is 4.96. The first-order chi connectivity index (χ1) is 8.23. The van der Waals surface area contributed by atoms with Crippen molar-refractivity contribution in [2.45, 2.75) is 66.5 Å². The average molecular weight is 251 g/mol. The summed E-state index contributed by atoms with van der Waals surface area (Å²) in [6.07, 6.45) is 6.18. The fourth-order valence-corrected chi connectivity index (χ4v) is 2.09. The first-order valence-electron chi connectivity index (χ1n) is 6.98. The van der Waals surface area contributed by atoms with Crippen molar-refractivity contribution in [1.29, 1.82) is 0 Å². The molecule has 0 spiro atoms. The number of nitrogens with zero attached hydrogens (tertiary/aromatic N) is 2. The first-order valence-corrected chi connectivity index (χ1v) is 6.98. The van der Waals surface area contributed by atoms with Crippen LogP contribution in [0.15, 0.2) is 12.4 Å². The van der Waals surface area contributed by atoms with E-state index in [2.05, 4.69) is 62.6 Å². The lowest BCUT2D eigenvalue weighted by molar-refractivity contribution is 0.294. The highest BCUT2D eigenvalue weighted by atomic mass is 15.1. The van der Waals surface area contributed by atoms with E-state index in [9.17, 15) is 0 Å². The molecule has 0 bridgehead atoms. The molecule has 0 fully saturated rings. The Balaban J connectivity index is 2.49. The maximum atomic E-state index is 4.47. The molecular formula is C15H29N3. The Kier molecular flexibility index (Phi) is 4.97. The van der Waals surface area contributed by atoms with E-state index < -0.39 is 0 Å². The molecule has 0 saturated carbocycles. The third-order valence-corrected chi connectivity index (χ3v) is 3.24. The molecule has 3 nitrogen and oxygen atoms in total. The molecule has 1 N–H and O–H groups in total. The van der Waals surface area contributed by atoms with E-state index in [4.69, 9.17) is 0 Å². The highest BCUT2D eigenvalue weighted by Gasteiger charge is 2.21. The molecule has 0 aliphatic rings. The normalized spacial score (nSPS) is 13.0. The van der Waals surface area contributed by atoms with Gasteiger partial charge in [0.2, 0.25) is 0 Å². The van der Waals surface area contributed by atoms with Gasteiger partial charge < -0.3 is 9.88 Å². The fraction of sp³-hybridized carbons (Fsp3) is 0.800.